The van der Waals surface area contributed by atoms with Gasteiger partial charge in [0, 0.05) is 25.4 Å². The number of hydrogen-bond acceptors (Lipinski definition) is 3. The van der Waals surface area contributed by atoms with E-state index in [1.165, 1.54) is 7.05 Å². The second kappa shape index (κ2) is 3.58. The van der Waals surface area contributed by atoms with Crippen LogP contribution in [0, 0.1) is 0 Å². The fraction of sp³-hybridized carbons (Fsp3) is 0.571. The van der Waals surface area contributed by atoms with E-state index in [0.717, 1.165) is 10.9 Å². The van der Waals surface area contributed by atoms with Crippen molar-refractivity contribution in [3.05, 3.63) is 17.5 Å². The van der Waals surface area contributed by atoms with Gasteiger partial charge in [0.1, 0.15) is 0 Å². The molecule has 3 N–H and O–H groups in total. The molecule has 4 nitrogen and oxygen atoms in total. The van der Waals surface area contributed by atoms with Gasteiger partial charge in [0.25, 0.3) is 0 Å². The molecule has 0 aliphatic heterocycles. The monoisotopic (exact) mass is 209 g/mol. The maximum Gasteiger partial charge on any atom is 0.435 e. The first-order valence-electron chi connectivity index (χ1n) is 3.85. The molecule has 80 valence electrons. The van der Waals surface area contributed by atoms with E-state index >= 15 is 0 Å². The van der Waals surface area contributed by atoms with Gasteiger partial charge in [0.2, 0.25) is 0 Å². The molecular formula is C7H10F3N3O. The van der Waals surface area contributed by atoms with E-state index in [4.69, 9.17) is 5.73 Å². The van der Waals surface area contributed by atoms with Crippen molar-refractivity contribution in [1.82, 2.24) is 9.78 Å². The Morgan fingerprint density at radius 2 is 2.21 bits per heavy atom. The van der Waals surface area contributed by atoms with Gasteiger partial charge in [-0.1, -0.05) is 0 Å². The Kier molecular flexibility index (Phi) is 2.81. The second-order valence-corrected chi connectivity index (χ2v) is 2.86. The van der Waals surface area contributed by atoms with E-state index in [1.54, 1.807) is 0 Å². The maximum atomic E-state index is 12.3. The number of aromatic nitrogens is 2. The number of nitrogens with zero attached hydrogens (tertiary/aromatic N) is 2. The van der Waals surface area contributed by atoms with Gasteiger partial charge in [0.05, 0.1) is 6.10 Å². The molecule has 0 aliphatic rings. The molecule has 0 bridgehead atoms. The summed E-state index contributed by atoms with van der Waals surface area (Å²) in [6, 6.07) is 0. The average molecular weight is 209 g/mol. The van der Waals surface area contributed by atoms with Gasteiger partial charge in [-0.15, -0.1) is 0 Å². The summed E-state index contributed by atoms with van der Waals surface area (Å²) in [7, 11) is 1.35. The number of aliphatic hydroxyl groups excluding tert-OH is 1. The molecule has 1 aromatic heterocycles. The lowest BCUT2D eigenvalue weighted by atomic mass is 10.1. The van der Waals surface area contributed by atoms with E-state index in [0.29, 0.717) is 0 Å². The van der Waals surface area contributed by atoms with Crippen molar-refractivity contribution in [2.24, 2.45) is 12.8 Å². The van der Waals surface area contributed by atoms with Crippen LogP contribution in [0.5, 0.6) is 0 Å². The Labute approximate surface area is 78.1 Å². The highest BCUT2D eigenvalue weighted by Crippen LogP contribution is 2.32. The van der Waals surface area contributed by atoms with Gasteiger partial charge in [-0.3, -0.25) is 4.68 Å². The minimum atomic E-state index is -4.56. The summed E-state index contributed by atoms with van der Waals surface area (Å²) in [6.45, 7) is -0.269. The summed E-state index contributed by atoms with van der Waals surface area (Å²) in [5.41, 5.74) is 3.70. The first-order chi connectivity index (χ1) is 6.36. The first-order valence-corrected chi connectivity index (χ1v) is 3.85. The average Bonchev–Trinajstić information content (AvgIpc) is 2.45. The van der Waals surface area contributed by atoms with Crippen molar-refractivity contribution >= 4 is 0 Å². The van der Waals surface area contributed by atoms with Crippen LogP contribution in [0.3, 0.4) is 0 Å². The SMILES string of the molecule is Cn1cc([C@@H](O)CN)c(C(F)(F)F)n1. The van der Waals surface area contributed by atoms with E-state index in [2.05, 4.69) is 5.10 Å². The lowest BCUT2D eigenvalue weighted by molar-refractivity contribution is -0.142. The fourth-order valence-corrected chi connectivity index (χ4v) is 1.10. The van der Waals surface area contributed by atoms with Crippen LogP contribution in [0.15, 0.2) is 6.20 Å². The third kappa shape index (κ3) is 2.05. The van der Waals surface area contributed by atoms with Crippen LogP contribution in [0.2, 0.25) is 0 Å². The van der Waals surface area contributed by atoms with Gasteiger partial charge < -0.3 is 10.8 Å². The minimum Gasteiger partial charge on any atom is -0.387 e. The molecular weight excluding hydrogens is 199 g/mol. The van der Waals surface area contributed by atoms with Crippen LogP contribution in [0.4, 0.5) is 13.2 Å². The molecule has 0 amide bonds. The number of rotatable bonds is 2. The largest absolute Gasteiger partial charge is 0.435 e. The lowest BCUT2D eigenvalue weighted by Crippen LogP contribution is -2.16. The highest BCUT2D eigenvalue weighted by molar-refractivity contribution is 5.22. The van der Waals surface area contributed by atoms with E-state index in [-0.39, 0.29) is 12.1 Å². The summed E-state index contributed by atoms with van der Waals surface area (Å²) in [5, 5.41) is 12.4. The Morgan fingerprint density at radius 1 is 1.64 bits per heavy atom. The van der Waals surface area contributed by atoms with Crippen LogP contribution in [-0.2, 0) is 13.2 Å². The van der Waals surface area contributed by atoms with Crippen LogP contribution < -0.4 is 5.73 Å². The highest BCUT2D eigenvalue weighted by Gasteiger charge is 2.38. The number of nitrogens with two attached hydrogens (primary N) is 1. The summed E-state index contributed by atoms with van der Waals surface area (Å²) in [6.07, 6.45) is -4.78. The van der Waals surface area contributed by atoms with Crippen molar-refractivity contribution in [3.63, 3.8) is 0 Å². The standard InChI is InChI=1S/C7H10F3N3O/c1-13-3-4(5(14)2-11)6(12-13)7(8,9)10/h3,5,14H,2,11H2,1H3/t5-/m0/s1. The number of aryl methyl sites for hydroxylation is 1. The molecule has 0 spiro atoms. The molecule has 1 rings (SSSR count). The predicted octanol–water partition coefficient (Wildman–Crippen LogP) is 0.431. The van der Waals surface area contributed by atoms with Crippen LogP contribution in [0.25, 0.3) is 0 Å². The second-order valence-electron chi connectivity index (χ2n) is 2.86. The maximum absolute atomic E-state index is 12.3. The van der Waals surface area contributed by atoms with Crippen molar-refractivity contribution in [2.45, 2.75) is 12.3 Å². The third-order valence-corrected chi connectivity index (χ3v) is 1.71. The number of aliphatic hydroxyl groups is 1. The molecule has 0 unspecified atom stereocenters. The molecule has 1 aromatic rings. The summed E-state index contributed by atoms with van der Waals surface area (Å²) < 4.78 is 38.0. The Balaban J connectivity index is 3.16. The third-order valence-electron chi connectivity index (χ3n) is 1.71. The van der Waals surface area contributed by atoms with E-state index < -0.39 is 18.0 Å². The van der Waals surface area contributed by atoms with Crippen molar-refractivity contribution in [3.8, 4) is 0 Å². The van der Waals surface area contributed by atoms with Crippen molar-refractivity contribution < 1.29 is 18.3 Å². The first kappa shape index (κ1) is 11.0. The molecule has 0 radical (unpaired) electrons. The highest BCUT2D eigenvalue weighted by atomic mass is 19.4. The number of hydrogen-bond donors (Lipinski definition) is 2. The van der Waals surface area contributed by atoms with Gasteiger partial charge in [0.15, 0.2) is 5.69 Å². The van der Waals surface area contributed by atoms with Crippen LogP contribution in [0.1, 0.15) is 17.4 Å². The Morgan fingerprint density at radius 3 is 2.64 bits per heavy atom. The smallest absolute Gasteiger partial charge is 0.387 e. The van der Waals surface area contributed by atoms with E-state index in [9.17, 15) is 18.3 Å². The van der Waals surface area contributed by atoms with E-state index in [1.807, 2.05) is 0 Å². The predicted molar refractivity (Wildman–Crippen MR) is 42.2 cm³/mol. The molecule has 1 atom stereocenters. The molecule has 1 heterocycles. The van der Waals surface area contributed by atoms with Crippen LogP contribution in [-0.4, -0.2) is 21.4 Å². The Bertz CT molecular complexity index is 320. The molecule has 14 heavy (non-hydrogen) atoms. The topological polar surface area (TPSA) is 64.1 Å². The van der Waals surface area contributed by atoms with Gasteiger partial charge in [-0.2, -0.15) is 18.3 Å². The van der Waals surface area contributed by atoms with Crippen molar-refractivity contribution in [1.29, 1.82) is 0 Å². The normalized spacial score (nSPS) is 14.4. The summed E-state index contributed by atoms with van der Waals surface area (Å²) in [5.74, 6) is 0. The summed E-state index contributed by atoms with van der Waals surface area (Å²) in [4.78, 5) is 0. The Hall–Kier alpha value is -1.08. The fourth-order valence-electron chi connectivity index (χ4n) is 1.10. The summed E-state index contributed by atoms with van der Waals surface area (Å²) >= 11 is 0. The molecule has 0 saturated carbocycles. The molecule has 7 heteroatoms. The van der Waals surface area contributed by atoms with Gasteiger partial charge >= 0.3 is 6.18 Å². The minimum absolute atomic E-state index is 0.269. The zero-order valence-corrected chi connectivity index (χ0v) is 7.41. The van der Waals surface area contributed by atoms with Gasteiger partial charge in [-0.25, -0.2) is 0 Å². The van der Waals surface area contributed by atoms with Crippen molar-refractivity contribution in [2.75, 3.05) is 6.54 Å². The number of alkyl halides is 3. The molecule has 0 saturated heterocycles. The molecule has 0 fully saturated rings. The lowest BCUT2D eigenvalue weighted by Gasteiger charge is -2.09. The zero-order chi connectivity index (χ0) is 10.9. The molecule has 0 aliphatic carbocycles. The number of halogens is 3. The quantitative estimate of drug-likeness (QED) is 0.742. The van der Waals surface area contributed by atoms with Gasteiger partial charge in [-0.05, 0) is 0 Å². The molecule has 0 aromatic carbocycles. The zero-order valence-electron chi connectivity index (χ0n) is 7.41. The van der Waals surface area contributed by atoms with Crippen LogP contribution >= 0.6 is 0 Å².